The first-order valence-corrected chi connectivity index (χ1v) is 5.01. The third-order valence-electron chi connectivity index (χ3n) is 1.49. The molecule has 0 saturated carbocycles. The van der Waals surface area contributed by atoms with Gasteiger partial charge in [-0.05, 0) is 17.7 Å². The molecule has 0 aliphatic heterocycles. The normalized spacial score (nSPS) is 17.5. The van der Waals surface area contributed by atoms with Crippen molar-refractivity contribution in [3.05, 3.63) is 57.6 Å². The van der Waals surface area contributed by atoms with E-state index in [2.05, 4.69) is 45.0 Å². The SMILES string of the molecule is C=C/C=C(/Br)C1=C(Br)C=CC1=C. The van der Waals surface area contributed by atoms with Gasteiger partial charge < -0.3 is 0 Å². The number of hydrogen-bond donors (Lipinski definition) is 0. The molecule has 0 bridgehead atoms. The molecule has 0 radical (unpaired) electrons. The summed E-state index contributed by atoms with van der Waals surface area (Å²) in [7, 11) is 0. The lowest BCUT2D eigenvalue weighted by atomic mass is 10.1. The zero-order valence-corrected chi connectivity index (χ0v) is 9.65. The minimum absolute atomic E-state index is 0.999. The van der Waals surface area contributed by atoms with Crippen molar-refractivity contribution >= 4 is 31.9 Å². The fourth-order valence-electron chi connectivity index (χ4n) is 0.948. The summed E-state index contributed by atoms with van der Waals surface area (Å²) in [6.07, 6.45) is 7.59. The van der Waals surface area contributed by atoms with Gasteiger partial charge in [-0.2, -0.15) is 0 Å². The van der Waals surface area contributed by atoms with Crippen LogP contribution in [0.15, 0.2) is 57.6 Å². The molecule has 0 aromatic rings. The summed E-state index contributed by atoms with van der Waals surface area (Å²) < 4.78 is 2.05. The van der Waals surface area contributed by atoms with E-state index in [1.807, 2.05) is 18.2 Å². The molecule has 0 spiro atoms. The first kappa shape index (κ1) is 9.75. The second kappa shape index (κ2) is 4.06. The first-order valence-electron chi connectivity index (χ1n) is 3.42. The van der Waals surface area contributed by atoms with Gasteiger partial charge in [0.2, 0.25) is 0 Å². The number of rotatable bonds is 2. The fourth-order valence-corrected chi connectivity index (χ4v) is 2.47. The molecule has 0 unspecified atom stereocenters. The highest BCUT2D eigenvalue weighted by Crippen LogP contribution is 2.35. The van der Waals surface area contributed by atoms with Crippen molar-refractivity contribution in [2.45, 2.75) is 0 Å². The van der Waals surface area contributed by atoms with Gasteiger partial charge >= 0.3 is 0 Å². The van der Waals surface area contributed by atoms with Crippen LogP contribution in [0.3, 0.4) is 0 Å². The molecule has 0 N–H and O–H groups in total. The van der Waals surface area contributed by atoms with Gasteiger partial charge in [0, 0.05) is 14.5 Å². The molecule has 0 atom stereocenters. The summed E-state index contributed by atoms with van der Waals surface area (Å²) in [5.41, 5.74) is 2.10. The smallest absolute Gasteiger partial charge is 0.0265 e. The van der Waals surface area contributed by atoms with E-state index in [0.29, 0.717) is 0 Å². The average molecular weight is 288 g/mol. The third-order valence-corrected chi connectivity index (χ3v) is 2.82. The van der Waals surface area contributed by atoms with E-state index in [4.69, 9.17) is 0 Å². The molecule has 1 aliphatic carbocycles. The van der Waals surface area contributed by atoms with E-state index in [0.717, 1.165) is 20.1 Å². The molecule has 0 heterocycles. The molecule has 0 aromatic heterocycles. The van der Waals surface area contributed by atoms with Crippen molar-refractivity contribution in [2.75, 3.05) is 0 Å². The Morgan fingerprint density at radius 3 is 2.50 bits per heavy atom. The first-order chi connectivity index (χ1) is 5.66. The Hall–Kier alpha value is -0.340. The lowest BCUT2D eigenvalue weighted by Crippen LogP contribution is -1.81. The lowest BCUT2D eigenvalue weighted by Gasteiger charge is -2.02. The van der Waals surface area contributed by atoms with E-state index < -0.39 is 0 Å². The lowest BCUT2D eigenvalue weighted by molar-refractivity contribution is 1.61. The maximum Gasteiger partial charge on any atom is 0.0265 e. The van der Waals surface area contributed by atoms with Crippen LogP contribution in [0.2, 0.25) is 0 Å². The van der Waals surface area contributed by atoms with E-state index in [-0.39, 0.29) is 0 Å². The van der Waals surface area contributed by atoms with Gasteiger partial charge in [-0.3, -0.25) is 0 Å². The Morgan fingerprint density at radius 2 is 2.08 bits per heavy atom. The zero-order chi connectivity index (χ0) is 9.14. The molecular weight excluding hydrogens is 280 g/mol. The minimum atomic E-state index is 0.999. The highest BCUT2D eigenvalue weighted by molar-refractivity contribution is 9.12. The largest absolute Gasteiger partial charge is 0.0990 e. The summed E-state index contributed by atoms with van der Waals surface area (Å²) in [6.45, 7) is 7.54. The molecule has 12 heavy (non-hydrogen) atoms. The summed E-state index contributed by atoms with van der Waals surface area (Å²) in [4.78, 5) is 0. The quantitative estimate of drug-likeness (QED) is 0.667. The van der Waals surface area contributed by atoms with Crippen molar-refractivity contribution in [3.8, 4) is 0 Å². The highest BCUT2D eigenvalue weighted by atomic mass is 79.9. The van der Waals surface area contributed by atoms with Gasteiger partial charge in [0.1, 0.15) is 0 Å². The van der Waals surface area contributed by atoms with Gasteiger partial charge in [-0.1, -0.05) is 57.2 Å². The third kappa shape index (κ3) is 1.87. The highest BCUT2D eigenvalue weighted by Gasteiger charge is 2.12. The zero-order valence-electron chi connectivity index (χ0n) is 6.48. The number of halogens is 2. The molecular formula is C10H8Br2. The number of hydrogen-bond acceptors (Lipinski definition) is 0. The Labute approximate surface area is 89.3 Å². The monoisotopic (exact) mass is 286 g/mol. The Bertz CT molecular complexity index is 317. The topological polar surface area (TPSA) is 0 Å². The fraction of sp³-hybridized carbons (Fsp3) is 0. The summed E-state index contributed by atoms with van der Waals surface area (Å²) in [5.74, 6) is 0. The van der Waals surface area contributed by atoms with Gasteiger partial charge in [-0.15, -0.1) is 0 Å². The van der Waals surface area contributed by atoms with Gasteiger partial charge in [0.25, 0.3) is 0 Å². The predicted octanol–water partition coefficient (Wildman–Crippen LogP) is 4.23. The minimum Gasteiger partial charge on any atom is -0.0990 e. The maximum absolute atomic E-state index is 3.91. The van der Waals surface area contributed by atoms with Crippen molar-refractivity contribution in [1.29, 1.82) is 0 Å². The van der Waals surface area contributed by atoms with E-state index in [1.165, 1.54) is 0 Å². The van der Waals surface area contributed by atoms with E-state index >= 15 is 0 Å². The Morgan fingerprint density at radius 1 is 1.42 bits per heavy atom. The van der Waals surface area contributed by atoms with Crippen LogP contribution >= 0.6 is 31.9 Å². The van der Waals surface area contributed by atoms with Crippen LogP contribution < -0.4 is 0 Å². The Balaban J connectivity index is 3.05. The molecule has 62 valence electrons. The molecule has 0 fully saturated rings. The Kier molecular flexibility index (Phi) is 3.29. The van der Waals surface area contributed by atoms with Gasteiger partial charge in [0.05, 0.1) is 0 Å². The average Bonchev–Trinajstić information content (AvgIpc) is 2.32. The second-order valence-electron chi connectivity index (χ2n) is 2.33. The predicted molar refractivity (Wildman–Crippen MR) is 61.4 cm³/mol. The summed E-state index contributed by atoms with van der Waals surface area (Å²) in [5, 5.41) is 0. The van der Waals surface area contributed by atoms with Crippen LogP contribution in [0.4, 0.5) is 0 Å². The number of allylic oxidation sites excluding steroid dienone is 8. The molecule has 1 rings (SSSR count). The van der Waals surface area contributed by atoms with Gasteiger partial charge in [0.15, 0.2) is 0 Å². The second-order valence-corrected chi connectivity index (χ2v) is 4.04. The van der Waals surface area contributed by atoms with Gasteiger partial charge in [-0.25, -0.2) is 0 Å². The van der Waals surface area contributed by atoms with Crippen LogP contribution in [-0.2, 0) is 0 Å². The van der Waals surface area contributed by atoms with E-state index in [9.17, 15) is 0 Å². The van der Waals surface area contributed by atoms with Crippen LogP contribution in [0.5, 0.6) is 0 Å². The van der Waals surface area contributed by atoms with E-state index in [1.54, 1.807) is 6.08 Å². The van der Waals surface area contributed by atoms with Crippen molar-refractivity contribution in [1.82, 2.24) is 0 Å². The molecule has 0 saturated heterocycles. The van der Waals surface area contributed by atoms with Crippen molar-refractivity contribution < 1.29 is 0 Å². The van der Waals surface area contributed by atoms with Crippen LogP contribution in [0, 0.1) is 0 Å². The maximum atomic E-state index is 3.91. The standard InChI is InChI=1S/C10H8Br2/c1-3-4-8(11)10-7(2)5-6-9(10)12/h3-6H,1-2H2/b8-4+. The van der Waals surface area contributed by atoms with Crippen LogP contribution in [-0.4, -0.2) is 0 Å². The molecule has 2 heteroatoms. The molecule has 1 aliphatic rings. The molecule has 0 nitrogen and oxygen atoms in total. The molecule has 0 amide bonds. The molecule has 0 aromatic carbocycles. The van der Waals surface area contributed by atoms with Crippen molar-refractivity contribution in [3.63, 3.8) is 0 Å². The summed E-state index contributed by atoms with van der Waals surface area (Å²) >= 11 is 6.89. The van der Waals surface area contributed by atoms with Crippen molar-refractivity contribution in [2.24, 2.45) is 0 Å². The van der Waals surface area contributed by atoms with Crippen LogP contribution in [0.1, 0.15) is 0 Å². The van der Waals surface area contributed by atoms with Crippen LogP contribution in [0.25, 0.3) is 0 Å². The summed E-state index contributed by atoms with van der Waals surface area (Å²) in [6, 6.07) is 0.